The second-order valence-electron chi connectivity index (χ2n) is 6.92. The predicted octanol–water partition coefficient (Wildman–Crippen LogP) is 3.91. The number of hydrogen-bond acceptors (Lipinski definition) is 4. The lowest BCUT2D eigenvalue weighted by Gasteiger charge is -2.29. The molecule has 0 radical (unpaired) electrons. The number of carbonyl (C=O) groups is 1. The Morgan fingerprint density at radius 3 is 2.56 bits per heavy atom. The second-order valence-corrected chi connectivity index (χ2v) is 6.92. The molecule has 0 fully saturated rings. The van der Waals surface area contributed by atoms with Crippen LogP contribution < -0.4 is 10.2 Å². The van der Waals surface area contributed by atoms with Crippen molar-refractivity contribution in [3.8, 4) is 0 Å². The number of hydrogen-bond donors (Lipinski definition) is 1. The summed E-state index contributed by atoms with van der Waals surface area (Å²) in [5.41, 5.74) is 6.03. The van der Waals surface area contributed by atoms with Gasteiger partial charge in [-0.1, -0.05) is 36.4 Å². The molecule has 0 spiro atoms. The lowest BCUT2D eigenvalue weighted by atomic mass is 10.00. The van der Waals surface area contributed by atoms with E-state index in [1.165, 1.54) is 11.1 Å². The summed E-state index contributed by atoms with van der Waals surface area (Å²) >= 11 is 0. The van der Waals surface area contributed by atoms with Crippen LogP contribution in [0.2, 0.25) is 0 Å². The molecule has 1 aliphatic rings. The SMILES string of the molecule is Cc1cccc(NC(=O)c2ccc(N3CCc4ccccc4C3)nn2)c1C. The van der Waals surface area contributed by atoms with Gasteiger partial charge in [-0.25, -0.2) is 0 Å². The Morgan fingerprint density at radius 1 is 0.963 bits per heavy atom. The molecule has 2 aromatic carbocycles. The van der Waals surface area contributed by atoms with Crippen molar-refractivity contribution in [2.45, 2.75) is 26.8 Å². The van der Waals surface area contributed by atoms with Crippen LogP contribution in [0.25, 0.3) is 0 Å². The topological polar surface area (TPSA) is 58.1 Å². The summed E-state index contributed by atoms with van der Waals surface area (Å²) in [5.74, 6) is 0.555. The zero-order chi connectivity index (χ0) is 18.8. The third kappa shape index (κ3) is 3.53. The van der Waals surface area contributed by atoms with Crippen LogP contribution in [0.1, 0.15) is 32.7 Å². The van der Waals surface area contributed by atoms with E-state index in [4.69, 9.17) is 0 Å². The lowest BCUT2D eigenvalue weighted by molar-refractivity contribution is 0.102. The van der Waals surface area contributed by atoms with Gasteiger partial charge in [-0.05, 0) is 60.7 Å². The quantitative estimate of drug-likeness (QED) is 0.771. The Kier molecular flexibility index (Phi) is 4.59. The average Bonchev–Trinajstić information content (AvgIpc) is 2.71. The van der Waals surface area contributed by atoms with Gasteiger partial charge >= 0.3 is 0 Å². The Balaban J connectivity index is 1.48. The second kappa shape index (κ2) is 7.19. The number of aryl methyl sites for hydroxylation is 1. The van der Waals surface area contributed by atoms with Gasteiger partial charge in [0, 0.05) is 18.8 Å². The summed E-state index contributed by atoms with van der Waals surface area (Å²) in [6.07, 6.45) is 0.993. The maximum absolute atomic E-state index is 12.5. The van der Waals surface area contributed by atoms with Crippen LogP contribution in [-0.2, 0) is 13.0 Å². The van der Waals surface area contributed by atoms with E-state index in [9.17, 15) is 4.79 Å². The molecule has 4 rings (SSSR count). The van der Waals surface area contributed by atoms with Crippen molar-refractivity contribution in [1.29, 1.82) is 0 Å². The number of anilines is 2. The smallest absolute Gasteiger partial charge is 0.276 e. The van der Waals surface area contributed by atoms with Crippen molar-refractivity contribution in [3.63, 3.8) is 0 Å². The van der Waals surface area contributed by atoms with Gasteiger partial charge in [0.1, 0.15) is 0 Å². The van der Waals surface area contributed by atoms with E-state index in [1.54, 1.807) is 6.07 Å². The number of fused-ring (bicyclic) bond motifs is 1. The summed E-state index contributed by atoms with van der Waals surface area (Å²) in [7, 11) is 0. The van der Waals surface area contributed by atoms with Gasteiger partial charge in [0.15, 0.2) is 11.5 Å². The van der Waals surface area contributed by atoms with Crippen LogP contribution in [0, 0.1) is 13.8 Å². The highest BCUT2D eigenvalue weighted by molar-refractivity contribution is 6.03. The molecule has 1 amide bonds. The van der Waals surface area contributed by atoms with Crippen LogP contribution in [-0.4, -0.2) is 22.6 Å². The summed E-state index contributed by atoms with van der Waals surface area (Å²) < 4.78 is 0. The molecule has 5 nitrogen and oxygen atoms in total. The molecule has 27 heavy (non-hydrogen) atoms. The third-order valence-electron chi connectivity index (χ3n) is 5.19. The van der Waals surface area contributed by atoms with E-state index in [2.05, 4.69) is 44.7 Å². The summed E-state index contributed by atoms with van der Waals surface area (Å²) in [5, 5.41) is 11.4. The van der Waals surface area contributed by atoms with Crippen molar-refractivity contribution >= 4 is 17.4 Å². The normalized spacial score (nSPS) is 13.2. The van der Waals surface area contributed by atoms with Gasteiger partial charge in [0.25, 0.3) is 5.91 Å². The molecule has 0 saturated carbocycles. The zero-order valence-electron chi connectivity index (χ0n) is 15.6. The zero-order valence-corrected chi connectivity index (χ0v) is 15.6. The standard InChI is InChI=1S/C22H22N4O/c1-15-6-5-9-19(16(15)2)23-22(27)20-10-11-21(25-24-20)26-13-12-17-7-3-4-8-18(17)14-26/h3-11H,12-14H2,1-2H3,(H,23,27). The highest BCUT2D eigenvalue weighted by Gasteiger charge is 2.18. The largest absolute Gasteiger partial charge is 0.350 e. The highest BCUT2D eigenvalue weighted by Crippen LogP contribution is 2.23. The monoisotopic (exact) mass is 358 g/mol. The molecule has 0 bridgehead atoms. The first-order valence-corrected chi connectivity index (χ1v) is 9.15. The molecular weight excluding hydrogens is 336 g/mol. The predicted molar refractivity (Wildman–Crippen MR) is 107 cm³/mol. The van der Waals surface area contributed by atoms with E-state index < -0.39 is 0 Å². The first-order chi connectivity index (χ1) is 13.1. The fourth-order valence-electron chi connectivity index (χ4n) is 3.38. The van der Waals surface area contributed by atoms with Gasteiger partial charge < -0.3 is 10.2 Å². The van der Waals surface area contributed by atoms with E-state index in [-0.39, 0.29) is 5.91 Å². The average molecular weight is 358 g/mol. The number of nitrogens with one attached hydrogen (secondary N) is 1. The van der Waals surface area contributed by atoms with Gasteiger partial charge in [0.2, 0.25) is 0 Å². The molecule has 136 valence electrons. The van der Waals surface area contributed by atoms with E-state index in [0.717, 1.165) is 42.1 Å². The van der Waals surface area contributed by atoms with Gasteiger partial charge in [0.05, 0.1) is 0 Å². The number of nitrogens with zero attached hydrogens (tertiary/aromatic N) is 3. The van der Waals surface area contributed by atoms with E-state index in [1.807, 2.05) is 38.1 Å². The molecule has 3 aromatic rings. The number of amides is 1. The molecule has 2 heterocycles. The molecular formula is C22H22N4O. The van der Waals surface area contributed by atoms with Crippen LogP contribution in [0.15, 0.2) is 54.6 Å². The maximum atomic E-state index is 12.5. The fourth-order valence-corrected chi connectivity index (χ4v) is 3.38. The van der Waals surface area contributed by atoms with E-state index >= 15 is 0 Å². The van der Waals surface area contributed by atoms with Gasteiger partial charge in [-0.15, -0.1) is 10.2 Å². The Labute approximate surface area is 159 Å². The molecule has 1 aromatic heterocycles. The molecule has 0 saturated heterocycles. The van der Waals surface area contributed by atoms with Gasteiger partial charge in [-0.2, -0.15) is 0 Å². The number of aromatic nitrogens is 2. The minimum absolute atomic E-state index is 0.244. The molecule has 0 unspecified atom stereocenters. The summed E-state index contributed by atoms with van der Waals surface area (Å²) in [6.45, 7) is 5.74. The fraction of sp³-hybridized carbons (Fsp3) is 0.227. The maximum Gasteiger partial charge on any atom is 0.276 e. The molecule has 0 aliphatic carbocycles. The molecule has 1 aliphatic heterocycles. The lowest BCUT2D eigenvalue weighted by Crippen LogP contribution is -2.31. The molecule has 0 atom stereocenters. The van der Waals surface area contributed by atoms with Crippen LogP contribution in [0.5, 0.6) is 0 Å². The van der Waals surface area contributed by atoms with Crippen LogP contribution >= 0.6 is 0 Å². The number of benzene rings is 2. The highest BCUT2D eigenvalue weighted by atomic mass is 16.1. The number of carbonyl (C=O) groups excluding carboxylic acids is 1. The van der Waals surface area contributed by atoms with Crippen molar-refractivity contribution < 1.29 is 4.79 Å². The van der Waals surface area contributed by atoms with Crippen LogP contribution in [0.4, 0.5) is 11.5 Å². The first-order valence-electron chi connectivity index (χ1n) is 9.15. The van der Waals surface area contributed by atoms with Crippen LogP contribution in [0.3, 0.4) is 0 Å². The first kappa shape index (κ1) is 17.2. The third-order valence-corrected chi connectivity index (χ3v) is 5.19. The molecule has 5 heteroatoms. The van der Waals surface area contributed by atoms with E-state index in [0.29, 0.717) is 5.69 Å². The Hall–Kier alpha value is -3.21. The minimum Gasteiger partial charge on any atom is -0.350 e. The number of rotatable bonds is 3. The summed E-state index contributed by atoms with van der Waals surface area (Å²) in [4.78, 5) is 14.7. The van der Waals surface area contributed by atoms with Gasteiger partial charge in [-0.3, -0.25) is 4.79 Å². The Bertz CT molecular complexity index is 982. The summed E-state index contributed by atoms with van der Waals surface area (Å²) in [6, 6.07) is 17.9. The van der Waals surface area contributed by atoms with Crippen molar-refractivity contribution in [3.05, 3.63) is 82.5 Å². The van der Waals surface area contributed by atoms with Crippen molar-refractivity contribution in [2.24, 2.45) is 0 Å². The Morgan fingerprint density at radius 2 is 1.78 bits per heavy atom. The molecule has 1 N–H and O–H groups in total. The van der Waals surface area contributed by atoms with Crippen molar-refractivity contribution in [2.75, 3.05) is 16.8 Å². The van der Waals surface area contributed by atoms with Crippen molar-refractivity contribution in [1.82, 2.24) is 10.2 Å². The minimum atomic E-state index is -0.244.